The highest BCUT2D eigenvalue weighted by atomic mass is 16.5. The Labute approximate surface area is 117 Å². The van der Waals surface area contributed by atoms with Gasteiger partial charge in [-0.25, -0.2) is 0 Å². The highest BCUT2D eigenvalue weighted by molar-refractivity contribution is 5.82. The van der Waals surface area contributed by atoms with Gasteiger partial charge in [0.15, 0.2) is 0 Å². The molecule has 19 heavy (non-hydrogen) atoms. The van der Waals surface area contributed by atoms with Crippen molar-refractivity contribution >= 4 is 5.78 Å². The lowest BCUT2D eigenvalue weighted by Crippen LogP contribution is -2.51. The van der Waals surface area contributed by atoms with Gasteiger partial charge in [0.1, 0.15) is 5.78 Å². The van der Waals surface area contributed by atoms with E-state index in [4.69, 9.17) is 4.74 Å². The number of Topliss-reactive ketones (excluding diaryl/α,β-unsaturated/α-hetero) is 1. The minimum atomic E-state index is 0.162. The molecule has 0 radical (unpaired) electrons. The Bertz CT molecular complexity index is 293. The van der Waals surface area contributed by atoms with Crippen molar-refractivity contribution in [2.45, 2.75) is 32.8 Å². The molecular formula is C15H28N2O2. The summed E-state index contributed by atoms with van der Waals surface area (Å²) >= 11 is 0. The largest absolute Gasteiger partial charge is 0.378 e. The zero-order chi connectivity index (χ0) is 13.8. The predicted molar refractivity (Wildman–Crippen MR) is 76.2 cm³/mol. The number of carbonyl (C=O) groups excluding carboxylic acids is 1. The minimum Gasteiger partial charge on any atom is -0.378 e. The van der Waals surface area contributed by atoms with E-state index in [1.165, 1.54) is 12.8 Å². The van der Waals surface area contributed by atoms with Crippen molar-refractivity contribution in [1.29, 1.82) is 0 Å². The number of carbonyl (C=O) groups is 1. The number of likely N-dealkylation sites (tertiary alicyclic amines) is 2. The molecular weight excluding hydrogens is 240 g/mol. The SMILES string of the molecule is CC(C)C(=O)CN1CC(COC2CCN(C)CC2)C1. The zero-order valence-electron chi connectivity index (χ0n) is 12.6. The molecule has 0 aromatic heterocycles. The molecule has 2 aliphatic heterocycles. The Hall–Kier alpha value is -0.450. The number of ether oxygens (including phenoxy) is 1. The Kier molecular flexibility index (Phi) is 5.37. The third-order valence-electron chi connectivity index (χ3n) is 4.29. The van der Waals surface area contributed by atoms with Gasteiger partial charge in [-0.15, -0.1) is 0 Å². The summed E-state index contributed by atoms with van der Waals surface area (Å²) in [6.45, 7) is 9.83. The molecule has 4 nitrogen and oxygen atoms in total. The van der Waals surface area contributed by atoms with E-state index < -0.39 is 0 Å². The second kappa shape index (κ2) is 6.82. The third-order valence-corrected chi connectivity index (χ3v) is 4.29. The van der Waals surface area contributed by atoms with E-state index in [1.54, 1.807) is 0 Å². The molecule has 2 fully saturated rings. The summed E-state index contributed by atoms with van der Waals surface area (Å²) in [5.41, 5.74) is 0. The maximum Gasteiger partial charge on any atom is 0.149 e. The number of rotatable bonds is 6. The quantitative estimate of drug-likeness (QED) is 0.726. The average molecular weight is 268 g/mol. The fraction of sp³-hybridized carbons (Fsp3) is 0.933. The summed E-state index contributed by atoms with van der Waals surface area (Å²) in [5, 5.41) is 0. The predicted octanol–water partition coefficient (Wildman–Crippen LogP) is 1.25. The van der Waals surface area contributed by atoms with Crippen LogP contribution in [0.15, 0.2) is 0 Å². The van der Waals surface area contributed by atoms with Gasteiger partial charge in [-0.2, -0.15) is 0 Å². The molecule has 0 saturated carbocycles. The van der Waals surface area contributed by atoms with Gasteiger partial charge < -0.3 is 9.64 Å². The van der Waals surface area contributed by atoms with Crippen molar-refractivity contribution in [2.75, 3.05) is 46.4 Å². The lowest BCUT2D eigenvalue weighted by molar-refractivity contribution is -0.125. The second-order valence-electron chi connectivity index (χ2n) is 6.52. The van der Waals surface area contributed by atoms with Crippen LogP contribution in [0.25, 0.3) is 0 Å². The molecule has 2 saturated heterocycles. The molecule has 0 unspecified atom stereocenters. The van der Waals surface area contributed by atoms with Crippen LogP contribution >= 0.6 is 0 Å². The lowest BCUT2D eigenvalue weighted by atomic mass is 9.99. The average Bonchev–Trinajstić information content (AvgIpc) is 2.33. The molecule has 0 bridgehead atoms. The van der Waals surface area contributed by atoms with Crippen LogP contribution in [0.2, 0.25) is 0 Å². The normalized spacial score (nSPS) is 23.8. The molecule has 2 heterocycles. The van der Waals surface area contributed by atoms with E-state index >= 15 is 0 Å². The summed E-state index contributed by atoms with van der Waals surface area (Å²) in [7, 11) is 2.17. The van der Waals surface area contributed by atoms with E-state index in [1.807, 2.05) is 13.8 Å². The van der Waals surface area contributed by atoms with Gasteiger partial charge in [0.05, 0.1) is 19.3 Å². The number of nitrogens with zero attached hydrogens (tertiary/aromatic N) is 2. The molecule has 0 spiro atoms. The van der Waals surface area contributed by atoms with Gasteiger partial charge in [0.2, 0.25) is 0 Å². The van der Waals surface area contributed by atoms with Crippen molar-refractivity contribution in [2.24, 2.45) is 11.8 Å². The Morgan fingerprint density at radius 3 is 2.47 bits per heavy atom. The Morgan fingerprint density at radius 1 is 1.26 bits per heavy atom. The number of ketones is 1. The van der Waals surface area contributed by atoms with Crippen LogP contribution in [0.1, 0.15) is 26.7 Å². The molecule has 0 N–H and O–H groups in total. The van der Waals surface area contributed by atoms with Crippen molar-refractivity contribution < 1.29 is 9.53 Å². The highest BCUT2D eigenvalue weighted by Crippen LogP contribution is 2.19. The van der Waals surface area contributed by atoms with E-state index in [0.29, 0.717) is 24.3 Å². The standard InChI is InChI=1S/C15H28N2O2/c1-12(2)15(18)10-17-8-13(9-17)11-19-14-4-6-16(3)7-5-14/h12-14H,4-11H2,1-3H3. The van der Waals surface area contributed by atoms with Gasteiger partial charge in [-0.05, 0) is 19.9 Å². The second-order valence-corrected chi connectivity index (χ2v) is 6.52. The van der Waals surface area contributed by atoms with Gasteiger partial charge in [0, 0.05) is 38.0 Å². The smallest absolute Gasteiger partial charge is 0.149 e. The summed E-state index contributed by atoms with van der Waals surface area (Å²) in [6.07, 6.45) is 2.79. The van der Waals surface area contributed by atoms with E-state index in [9.17, 15) is 4.79 Å². The monoisotopic (exact) mass is 268 g/mol. The first-order chi connectivity index (χ1) is 9.04. The molecule has 0 aromatic rings. The maximum atomic E-state index is 11.6. The summed E-state index contributed by atoms with van der Waals surface area (Å²) in [6, 6.07) is 0. The fourth-order valence-corrected chi connectivity index (χ4v) is 2.74. The summed E-state index contributed by atoms with van der Waals surface area (Å²) in [4.78, 5) is 16.2. The number of hydrogen-bond donors (Lipinski definition) is 0. The van der Waals surface area contributed by atoms with E-state index in [2.05, 4.69) is 16.8 Å². The Morgan fingerprint density at radius 2 is 1.89 bits per heavy atom. The van der Waals surface area contributed by atoms with Gasteiger partial charge in [-0.3, -0.25) is 9.69 Å². The van der Waals surface area contributed by atoms with Gasteiger partial charge >= 0.3 is 0 Å². The van der Waals surface area contributed by atoms with Crippen LogP contribution < -0.4 is 0 Å². The third kappa shape index (κ3) is 4.55. The minimum absolute atomic E-state index is 0.162. The van der Waals surface area contributed by atoms with Gasteiger partial charge in [-0.1, -0.05) is 13.8 Å². The molecule has 0 aromatic carbocycles. The van der Waals surface area contributed by atoms with Crippen LogP contribution in [-0.2, 0) is 9.53 Å². The zero-order valence-corrected chi connectivity index (χ0v) is 12.6. The molecule has 0 amide bonds. The molecule has 2 aliphatic rings. The topological polar surface area (TPSA) is 32.8 Å². The molecule has 4 heteroatoms. The van der Waals surface area contributed by atoms with Crippen LogP contribution in [0, 0.1) is 11.8 Å². The summed E-state index contributed by atoms with van der Waals surface area (Å²) in [5.74, 6) is 1.16. The van der Waals surface area contributed by atoms with Crippen LogP contribution in [0.4, 0.5) is 0 Å². The van der Waals surface area contributed by atoms with Gasteiger partial charge in [0.25, 0.3) is 0 Å². The summed E-state index contributed by atoms with van der Waals surface area (Å²) < 4.78 is 6.00. The number of hydrogen-bond acceptors (Lipinski definition) is 4. The van der Waals surface area contributed by atoms with E-state index in [-0.39, 0.29) is 5.92 Å². The lowest BCUT2D eigenvalue weighted by Gasteiger charge is -2.40. The van der Waals surface area contributed by atoms with Crippen LogP contribution in [0.5, 0.6) is 0 Å². The molecule has 0 atom stereocenters. The van der Waals surface area contributed by atoms with Crippen LogP contribution in [-0.4, -0.2) is 68.1 Å². The first-order valence-electron chi connectivity index (χ1n) is 7.60. The van der Waals surface area contributed by atoms with E-state index in [0.717, 1.165) is 32.8 Å². The molecule has 2 rings (SSSR count). The van der Waals surface area contributed by atoms with Crippen molar-refractivity contribution in [3.63, 3.8) is 0 Å². The highest BCUT2D eigenvalue weighted by Gasteiger charge is 2.29. The first kappa shape index (κ1) is 14.9. The molecule has 110 valence electrons. The maximum absolute atomic E-state index is 11.6. The first-order valence-corrected chi connectivity index (χ1v) is 7.60. The van der Waals surface area contributed by atoms with Crippen LogP contribution in [0.3, 0.4) is 0 Å². The fourth-order valence-electron chi connectivity index (χ4n) is 2.74. The number of piperidine rings is 1. The van der Waals surface area contributed by atoms with Crippen molar-refractivity contribution in [1.82, 2.24) is 9.80 Å². The molecule has 0 aliphatic carbocycles. The van der Waals surface area contributed by atoms with Crippen molar-refractivity contribution in [3.8, 4) is 0 Å². The Balaban J connectivity index is 1.54. The van der Waals surface area contributed by atoms with Crippen molar-refractivity contribution in [3.05, 3.63) is 0 Å².